The molecule has 1 N–H and O–H groups in total. The Kier molecular flexibility index (Phi) is 4.36. The van der Waals surface area contributed by atoms with Gasteiger partial charge in [-0.05, 0) is 20.8 Å². The molecule has 1 atom stereocenters. The summed E-state index contributed by atoms with van der Waals surface area (Å²) in [5.74, 6) is 0. The summed E-state index contributed by atoms with van der Waals surface area (Å²) in [6, 6.07) is 0.354. The third kappa shape index (κ3) is 3.68. The summed E-state index contributed by atoms with van der Waals surface area (Å²) in [5, 5.41) is 3.93. The Morgan fingerprint density at radius 3 is 2.80 bits per heavy atom. The number of nitrogens with one attached hydrogen (secondary N) is 1. The van der Waals surface area contributed by atoms with Crippen molar-refractivity contribution in [3.63, 3.8) is 0 Å². The summed E-state index contributed by atoms with van der Waals surface area (Å²) in [6.07, 6.45) is 1.87. The zero-order valence-corrected chi connectivity index (χ0v) is 10.3. The van der Waals surface area contributed by atoms with Gasteiger partial charge in [-0.25, -0.2) is 4.98 Å². The van der Waals surface area contributed by atoms with E-state index < -0.39 is 0 Å². The first-order valence-corrected chi connectivity index (χ1v) is 5.43. The second kappa shape index (κ2) is 5.33. The van der Waals surface area contributed by atoms with Gasteiger partial charge in [0, 0.05) is 29.9 Å². The predicted molar refractivity (Wildman–Crippen MR) is 64.2 cm³/mol. The number of nitrogens with zero attached hydrogens (tertiary/aromatic N) is 2. The highest BCUT2D eigenvalue weighted by atomic mass is 35.5. The third-order valence-electron chi connectivity index (χ3n) is 2.46. The van der Waals surface area contributed by atoms with E-state index in [1.54, 1.807) is 0 Å². The van der Waals surface area contributed by atoms with Crippen LogP contribution in [0.25, 0.3) is 0 Å². The molecule has 0 saturated heterocycles. The first kappa shape index (κ1) is 12.3. The Labute approximate surface area is 96.2 Å². The van der Waals surface area contributed by atoms with Crippen molar-refractivity contribution < 1.29 is 0 Å². The molecule has 0 spiro atoms. The summed E-state index contributed by atoms with van der Waals surface area (Å²) in [7, 11) is 0. The highest BCUT2D eigenvalue weighted by molar-refractivity contribution is 6.29. The standard InChI is InChI=1S/C11H18ClN3/c1-8(12)5-13-9(2)6-15-7-14-10(3)11(15)4/h7,9,13H,1,5-6H2,2-4H3. The van der Waals surface area contributed by atoms with E-state index in [4.69, 9.17) is 11.6 Å². The van der Waals surface area contributed by atoms with E-state index in [9.17, 15) is 0 Å². The van der Waals surface area contributed by atoms with Gasteiger partial charge >= 0.3 is 0 Å². The van der Waals surface area contributed by atoms with Crippen molar-refractivity contribution in [1.82, 2.24) is 14.9 Å². The average Bonchev–Trinajstić information content (AvgIpc) is 2.47. The van der Waals surface area contributed by atoms with Crippen molar-refractivity contribution in [2.75, 3.05) is 6.54 Å². The van der Waals surface area contributed by atoms with Crippen LogP contribution in [0.5, 0.6) is 0 Å². The average molecular weight is 228 g/mol. The number of aryl methyl sites for hydroxylation is 1. The molecular weight excluding hydrogens is 210 g/mol. The molecule has 0 aromatic carbocycles. The third-order valence-corrected chi connectivity index (χ3v) is 2.59. The van der Waals surface area contributed by atoms with Crippen LogP contribution < -0.4 is 5.32 Å². The molecule has 1 heterocycles. The summed E-state index contributed by atoms with van der Waals surface area (Å²) < 4.78 is 2.14. The predicted octanol–water partition coefficient (Wildman–Crippen LogP) is 2.23. The van der Waals surface area contributed by atoms with Crippen molar-refractivity contribution in [3.8, 4) is 0 Å². The summed E-state index contributed by atoms with van der Waals surface area (Å²) in [4.78, 5) is 4.26. The molecule has 0 radical (unpaired) electrons. The lowest BCUT2D eigenvalue weighted by molar-refractivity contribution is 0.491. The molecule has 0 saturated carbocycles. The SMILES string of the molecule is C=C(Cl)CNC(C)Cn1cnc(C)c1C. The Bertz CT molecular complexity index is 344. The van der Waals surface area contributed by atoms with E-state index in [-0.39, 0.29) is 0 Å². The van der Waals surface area contributed by atoms with Gasteiger partial charge in [-0.3, -0.25) is 0 Å². The Balaban J connectivity index is 2.47. The molecule has 0 aliphatic heterocycles. The van der Waals surface area contributed by atoms with Gasteiger partial charge in [0.05, 0.1) is 12.0 Å². The molecule has 1 aromatic heterocycles. The molecule has 1 rings (SSSR count). The maximum Gasteiger partial charge on any atom is 0.0951 e. The number of hydrogen-bond acceptors (Lipinski definition) is 2. The molecule has 84 valence electrons. The van der Waals surface area contributed by atoms with Crippen LogP contribution in [0.3, 0.4) is 0 Å². The maximum absolute atomic E-state index is 5.68. The number of rotatable bonds is 5. The van der Waals surface area contributed by atoms with Gasteiger partial charge in [0.2, 0.25) is 0 Å². The normalized spacial score (nSPS) is 12.8. The van der Waals surface area contributed by atoms with Gasteiger partial charge in [0.1, 0.15) is 0 Å². The molecule has 1 aromatic rings. The van der Waals surface area contributed by atoms with E-state index in [0.717, 1.165) is 12.2 Å². The van der Waals surface area contributed by atoms with Crippen LogP contribution in [0.2, 0.25) is 0 Å². The van der Waals surface area contributed by atoms with Crippen LogP contribution in [0, 0.1) is 13.8 Å². The summed E-state index contributed by atoms with van der Waals surface area (Å²) in [6.45, 7) is 11.4. The lowest BCUT2D eigenvalue weighted by atomic mass is 10.3. The summed E-state index contributed by atoms with van der Waals surface area (Å²) in [5.41, 5.74) is 2.30. The van der Waals surface area contributed by atoms with E-state index in [0.29, 0.717) is 17.6 Å². The van der Waals surface area contributed by atoms with Gasteiger partial charge in [-0.2, -0.15) is 0 Å². The van der Waals surface area contributed by atoms with Crippen LogP contribution in [-0.4, -0.2) is 22.1 Å². The van der Waals surface area contributed by atoms with E-state index >= 15 is 0 Å². The smallest absolute Gasteiger partial charge is 0.0951 e. The lowest BCUT2D eigenvalue weighted by Crippen LogP contribution is -2.31. The summed E-state index contributed by atoms with van der Waals surface area (Å²) >= 11 is 5.68. The van der Waals surface area contributed by atoms with Gasteiger partial charge in [-0.15, -0.1) is 0 Å². The van der Waals surface area contributed by atoms with Gasteiger partial charge in [-0.1, -0.05) is 18.2 Å². The van der Waals surface area contributed by atoms with E-state index in [1.807, 2.05) is 13.3 Å². The quantitative estimate of drug-likeness (QED) is 0.836. The molecule has 1 unspecified atom stereocenters. The zero-order valence-electron chi connectivity index (χ0n) is 9.55. The molecule has 4 heteroatoms. The second-order valence-corrected chi connectivity index (χ2v) is 4.40. The Hall–Kier alpha value is -0.800. The highest BCUT2D eigenvalue weighted by Crippen LogP contribution is 2.05. The largest absolute Gasteiger partial charge is 0.333 e. The van der Waals surface area contributed by atoms with E-state index in [1.165, 1.54) is 5.69 Å². The minimum Gasteiger partial charge on any atom is -0.333 e. The van der Waals surface area contributed by atoms with Crippen molar-refractivity contribution in [3.05, 3.63) is 29.3 Å². The minimum atomic E-state index is 0.354. The molecule has 3 nitrogen and oxygen atoms in total. The van der Waals surface area contributed by atoms with Crippen LogP contribution >= 0.6 is 11.6 Å². The second-order valence-electron chi connectivity index (χ2n) is 3.87. The number of hydrogen-bond donors (Lipinski definition) is 1. The van der Waals surface area contributed by atoms with Crippen LogP contribution in [-0.2, 0) is 6.54 Å². The number of halogens is 1. The van der Waals surface area contributed by atoms with Gasteiger partial charge < -0.3 is 9.88 Å². The first-order valence-electron chi connectivity index (χ1n) is 5.05. The van der Waals surface area contributed by atoms with Crippen LogP contribution in [0.15, 0.2) is 17.9 Å². The first-order chi connectivity index (χ1) is 7.00. The topological polar surface area (TPSA) is 29.9 Å². The fraction of sp³-hybridized carbons (Fsp3) is 0.545. The number of aromatic nitrogens is 2. The minimum absolute atomic E-state index is 0.354. The van der Waals surface area contributed by atoms with Crippen LogP contribution in [0.4, 0.5) is 0 Å². The molecule has 0 bridgehead atoms. The molecule has 0 aliphatic rings. The Morgan fingerprint density at radius 1 is 1.67 bits per heavy atom. The maximum atomic E-state index is 5.68. The Morgan fingerprint density at radius 2 is 2.33 bits per heavy atom. The zero-order chi connectivity index (χ0) is 11.4. The van der Waals surface area contributed by atoms with Crippen LogP contribution in [0.1, 0.15) is 18.3 Å². The van der Waals surface area contributed by atoms with Crippen molar-refractivity contribution in [2.45, 2.75) is 33.4 Å². The molecule has 15 heavy (non-hydrogen) atoms. The fourth-order valence-corrected chi connectivity index (χ4v) is 1.45. The monoisotopic (exact) mass is 227 g/mol. The van der Waals surface area contributed by atoms with Crippen molar-refractivity contribution in [2.24, 2.45) is 0 Å². The van der Waals surface area contributed by atoms with Gasteiger partial charge in [0.25, 0.3) is 0 Å². The number of imidazole rings is 1. The molecule has 0 fully saturated rings. The lowest BCUT2D eigenvalue weighted by Gasteiger charge is -2.15. The molecular formula is C11H18ClN3. The molecule has 0 amide bonds. The van der Waals surface area contributed by atoms with E-state index in [2.05, 4.69) is 35.3 Å². The van der Waals surface area contributed by atoms with Gasteiger partial charge in [0.15, 0.2) is 0 Å². The highest BCUT2D eigenvalue weighted by Gasteiger charge is 2.06. The van der Waals surface area contributed by atoms with Crippen molar-refractivity contribution >= 4 is 11.6 Å². The molecule has 0 aliphatic carbocycles. The van der Waals surface area contributed by atoms with Crippen molar-refractivity contribution in [1.29, 1.82) is 0 Å². The fourth-order valence-electron chi connectivity index (χ4n) is 1.37.